The first-order chi connectivity index (χ1) is 16.7. The van der Waals surface area contributed by atoms with Crippen LogP contribution in [0.15, 0.2) is 50.8 Å². The molecule has 0 spiro atoms. The van der Waals surface area contributed by atoms with Gasteiger partial charge in [-0.1, -0.05) is 38.5 Å². The molecule has 36 heavy (non-hydrogen) atoms. The first-order valence-electron chi connectivity index (χ1n) is 11.9. The number of hydrogen-bond acceptors (Lipinski definition) is 6. The van der Waals surface area contributed by atoms with E-state index in [0.29, 0.717) is 25.3 Å². The van der Waals surface area contributed by atoms with E-state index in [0.717, 1.165) is 47.1 Å². The van der Waals surface area contributed by atoms with Crippen molar-refractivity contribution in [1.29, 1.82) is 0 Å². The maximum Gasteiger partial charge on any atom is 0.138 e. The lowest BCUT2D eigenvalue weighted by molar-refractivity contribution is 0.276. The van der Waals surface area contributed by atoms with Crippen LogP contribution in [0.25, 0.3) is 24.3 Å². The highest BCUT2D eigenvalue weighted by Gasteiger charge is 2.15. The first-order valence-corrected chi connectivity index (χ1v) is 11.9. The molecule has 0 unspecified atom stereocenters. The van der Waals surface area contributed by atoms with Crippen molar-refractivity contribution < 1.29 is 9.47 Å². The summed E-state index contributed by atoms with van der Waals surface area (Å²) in [7, 11) is 0. The van der Waals surface area contributed by atoms with Gasteiger partial charge in [-0.2, -0.15) is 0 Å². The molecule has 4 heterocycles. The molecular weight excluding hydrogens is 495 g/mol. The monoisotopic (exact) mass is 532 g/mol. The zero-order valence-electron chi connectivity index (χ0n) is 20.8. The highest BCUT2D eigenvalue weighted by molar-refractivity contribution is 5.85. The maximum atomic E-state index is 5.72. The Morgan fingerprint density at radius 2 is 1.14 bits per heavy atom. The molecule has 2 fully saturated rings. The van der Waals surface area contributed by atoms with Crippen LogP contribution in [0.4, 0.5) is 0 Å². The predicted octanol–water partition coefficient (Wildman–Crippen LogP) is 5.84. The topological polar surface area (TPSA) is 68.3 Å². The Bertz CT molecular complexity index is 908. The molecule has 4 rings (SSSR count). The van der Waals surface area contributed by atoms with Crippen LogP contribution in [-0.4, -0.2) is 48.4 Å². The van der Waals surface area contributed by atoms with E-state index in [1.807, 2.05) is 12.1 Å². The minimum Gasteiger partial charge on any atom is -0.490 e. The lowest BCUT2D eigenvalue weighted by Gasteiger charge is -2.12. The van der Waals surface area contributed by atoms with Crippen molar-refractivity contribution in [2.75, 3.05) is 26.3 Å². The van der Waals surface area contributed by atoms with Crippen molar-refractivity contribution in [1.82, 2.24) is 20.6 Å². The Morgan fingerprint density at radius 1 is 0.722 bits per heavy atom. The molecule has 0 bridgehead atoms. The lowest BCUT2D eigenvalue weighted by Crippen LogP contribution is -2.28. The van der Waals surface area contributed by atoms with E-state index in [9.17, 15) is 0 Å². The van der Waals surface area contributed by atoms with Crippen LogP contribution >= 0.6 is 24.8 Å². The normalized spacial score (nSPS) is 17.9. The molecule has 2 aliphatic rings. The Morgan fingerprint density at radius 3 is 1.44 bits per heavy atom. The molecule has 2 aromatic rings. The van der Waals surface area contributed by atoms with Gasteiger partial charge in [-0.15, -0.1) is 24.8 Å². The van der Waals surface area contributed by atoms with Crippen molar-refractivity contribution >= 4 is 49.1 Å². The van der Waals surface area contributed by atoms with Gasteiger partial charge in [0.2, 0.25) is 0 Å². The second kappa shape index (κ2) is 16.9. The van der Waals surface area contributed by atoms with Gasteiger partial charge in [0.15, 0.2) is 0 Å². The summed E-state index contributed by atoms with van der Waals surface area (Å²) in [6, 6.07) is 4.85. The minimum atomic E-state index is 0. The molecule has 0 amide bonds. The van der Waals surface area contributed by atoms with Crippen LogP contribution in [0.3, 0.4) is 0 Å². The Labute approximate surface area is 227 Å². The lowest BCUT2D eigenvalue weighted by atomic mass is 10.2. The SMILES string of the molecule is C=Cc1cc(OC[C@@H]2CCCN2)cnc1C=C.C=Cc1cc(OC[C@@H]2CCCN2)cnc1C=C.Cl.Cl. The second-order valence-corrected chi connectivity index (χ2v) is 8.32. The van der Waals surface area contributed by atoms with Crippen LogP contribution in [0.1, 0.15) is 48.2 Å². The number of pyridine rings is 2. The molecule has 2 saturated heterocycles. The summed E-state index contributed by atoms with van der Waals surface area (Å²) < 4.78 is 11.4. The number of ether oxygens (including phenoxy) is 2. The summed E-state index contributed by atoms with van der Waals surface area (Å²) in [4.78, 5) is 8.56. The molecule has 0 aromatic carbocycles. The molecule has 6 nitrogen and oxygen atoms in total. The van der Waals surface area contributed by atoms with E-state index in [1.165, 1.54) is 25.7 Å². The third-order valence-electron chi connectivity index (χ3n) is 5.90. The van der Waals surface area contributed by atoms with Gasteiger partial charge < -0.3 is 20.1 Å². The van der Waals surface area contributed by atoms with Gasteiger partial charge in [0.25, 0.3) is 0 Å². The summed E-state index contributed by atoms with van der Waals surface area (Å²) in [6.45, 7) is 18.6. The molecule has 0 radical (unpaired) electrons. The van der Waals surface area contributed by atoms with Crippen LogP contribution in [-0.2, 0) is 0 Å². The molecule has 2 N–H and O–H groups in total. The zero-order chi connectivity index (χ0) is 24.2. The van der Waals surface area contributed by atoms with Gasteiger partial charge in [-0.3, -0.25) is 9.97 Å². The number of rotatable bonds is 10. The van der Waals surface area contributed by atoms with E-state index in [4.69, 9.17) is 9.47 Å². The van der Waals surface area contributed by atoms with Gasteiger partial charge in [-0.05, 0) is 63.1 Å². The third-order valence-corrected chi connectivity index (χ3v) is 5.90. The quantitative estimate of drug-likeness (QED) is 0.400. The van der Waals surface area contributed by atoms with Crippen LogP contribution in [0, 0.1) is 0 Å². The van der Waals surface area contributed by atoms with Crippen molar-refractivity contribution in [3.8, 4) is 11.5 Å². The first kappa shape index (κ1) is 31.4. The van der Waals surface area contributed by atoms with E-state index < -0.39 is 0 Å². The Kier molecular flexibility index (Phi) is 14.8. The van der Waals surface area contributed by atoms with Crippen LogP contribution < -0.4 is 20.1 Å². The molecule has 2 aliphatic heterocycles. The van der Waals surface area contributed by atoms with Gasteiger partial charge in [-0.25, -0.2) is 0 Å². The highest BCUT2D eigenvalue weighted by Crippen LogP contribution is 2.19. The summed E-state index contributed by atoms with van der Waals surface area (Å²) >= 11 is 0. The fraction of sp³-hybridized carbons (Fsp3) is 0.357. The van der Waals surface area contributed by atoms with E-state index >= 15 is 0 Å². The average Bonchev–Trinajstić information content (AvgIpc) is 3.60. The molecular formula is C28H38Cl2N4O2. The van der Waals surface area contributed by atoms with Gasteiger partial charge in [0, 0.05) is 23.2 Å². The third kappa shape index (κ3) is 9.43. The van der Waals surface area contributed by atoms with E-state index in [2.05, 4.69) is 46.9 Å². The predicted molar refractivity (Wildman–Crippen MR) is 156 cm³/mol. The standard InChI is InChI=1S/2C14H18N2O.2ClH/c2*1-3-11-8-13(9-16-14(11)4-2)17-10-12-6-5-7-15-12;;/h2*3-4,8-9,12,15H,1-2,5-7,10H2;2*1H/t2*12-;;/m00../s1. The fourth-order valence-electron chi connectivity index (χ4n) is 3.96. The van der Waals surface area contributed by atoms with E-state index in [-0.39, 0.29) is 24.8 Å². The van der Waals surface area contributed by atoms with E-state index in [1.54, 1.807) is 36.7 Å². The summed E-state index contributed by atoms with van der Waals surface area (Å²) in [5.74, 6) is 1.58. The minimum absolute atomic E-state index is 0. The van der Waals surface area contributed by atoms with Crippen LogP contribution in [0.5, 0.6) is 11.5 Å². The number of hydrogen-bond donors (Lipinski definition) is 2. The van der Waals surface area contributed by atoms with Crippen molar-refractivity contribution in [3.63, 3.8) is 0 Å². The van der Waals surface area contributed by atoms with Crippen molar-refractivity contribution in [2.24, 2.45) is 0 Å². The molecule has 196 valence electrons. The smallest absolute Gasteiger partial charge is 0.138 e. The Balaban J connectivity index is 0.000000341. The number of halogens is 2. The largest absolute Gasteiger partial charge is 0.490 e. The van der Waals surface area contributed by atoms with Crippen molar-refractivity contribution in [3.05, 3.63) is 73.4 Å². The van der Waals surface area contributed by atoms with Crippen molar-refractivity contribution in [2.45, 2.75) is 37.8 Å². The van der Waals surface area contributed by atoms with Gasteiger partial charge in [0.05, 0.1) is 23.8 Å². The van der Waals surface area contributed by atoms with Crippen LogP contribution in [0.2, 0.25) is 0 Å². The number of aromatic nitrogens is 2. The number of nitrogens with one attached hydrogen (secondary N) is 2. The average molecular weight is 534 g/mol. The zero-order valence-corrected chi connectivity index (χ0v) is 22.4. The summed E-state index contributed by atoms with van der Waals surface area (Å²) in [6.07, 6.45) is 15.3. The molecule has 0 aliphatic carbocycles. The highest BCUT2D eigenvalue weighted by atomic mass is 35.5. The summed E-state index contributed by atoms with van der Waals surface area (Å²) in [5, 5.41) is 6.79. The number of nitrogens with zero attached hydrogens (tertiary/aromatic N) is 2. The Hall–Kier alpha value is -2.64. The molecule has 2 aromatic heterocycles. The maximum absolute atomic E-state index is 5.72. The van der Waals surface area contributed by atoms with Gasteiger partial charge >= 0.3 is 0 Å². The molecule has 0 saturated carbocycles. The molecule has 2 atom stereocenters. The second-order valence-electron chi connectivity index (χ2n) is 8.32. The van der Waals surface area contributed by atoms with Gasteiger partial charge in [0.1, 0.15) is 24.7 Å². The molecule has 8 heteroatoms. The summed E-state index contributed by atoms with van der Waals surface area (Å²) in [5.41, 5.74) is 3.59. The fourth-order valence-corrected chi connectivity index (χ4v) is 3.96.